The van der Waals surface area contributed by atoms with Gasteiger partial charge in [0.1, 0.15) is 18.1 Å². The van der Waals surface area contributed by atoms with Crippen molar-refractivity contribution >= 4 is 35.6 Å². The average Bonchev–Trinajstić information content (AvgIpc) is 2.64. The van der Waals surface area contributed by atoms with Gasteiger partial charge < -0.3 is 42.1 Å². The van der Waals surface area contributed by atoms with Crippen LogP contribution in [0, 0.1) is 0 Å². The molecule has 0 aliphatic carbocycles. The highest BCUT2D eigenvalue weighted by atomic mass is 16.4. The third kappa shape index (κ3) is 10.3. The number of aliphatic carboxylic acids is 3. The summed E-state index contributed by atoms with van der Waals surface area (Å²) in [5.74, 6) is -6.99. The highest BCUT2D eigenvalue weighted by Gasteiger charge is 2.31. The fourth-order valence-corrected chi connectivity index (χ4v) is 2.23. The van der Waals surface area contributed by atoms with E-state index in [1.807, 2.05) is 5.32 Å². The summed E-state index contributed by atoms with van der Waals surface area (Å²) in [6.07, 6.45) is -3.40. The number of aliphatic hydroxyl groups is 1. The van der Waals surface area contributed by atoms with Gasteiger partial charge in [0.2, 0.25) is 17.7 Å². The number of hydrogen-bond acceptors (Lipinski definition) is 8. The summed E-state index contributed by atoms with van der Waals surface area (Å²) >= 11 is 0. The first-order chi connectivity index (χ1) is 13.9. The summed E-state index contributed by atoms with van der Waals surface area (Å²) in [5, 5.41) is 42.6. The van der Waals surface area contributed by atoms with Crippen molar-refractivity contribution < 1.29 is 49.2 Å². The van der Waals surface area contributed by atoms with E-state index in [1.54, 1.807) is 0 Å². The van der Waals surface area contributed by atoms with Crippen molar-refractivity contribution in [2.45, 2.75) is 56.8 Å². The molecule has 0 aromatic heterocycles. The number of carbonyl (C=O) groups excluding carboxylic acids is 3. The number of nitrogens with two attached hydrogens (primary N) is 1. The lowest BCUT2D eigenvalue weighted by Crippen LogP contribution is -2.58. The molecule has 9 N–H and O–H groups in total. The fraction of sp³-hybridized carbons (Fsp3) is 0.625. The molecule has 14 heteroatoms. The van der Waals surface area contributed by atoms with Crippen LogP contribution in [0.4, 0.5) is 0 Å². The van der Waals surface area contributed by atoms with E-state index in [2.05, 4.69) is 10.6 Å². The zero-order valence-corrected chi connectivity index (χ0v) is 16.2. The summed E-state index contributed by atoms with van der Waals surface area (Å²) in [6, 6.07) is -4.64. The van der Waals surface area contributed by atoms with E-state index in [9.17, 15) is 33.9 Å². The Morgan fingerprint density at radius 1 is 0.800 bits per heavy atom. The van der Waals surface area contributed by atoms with Crippen LogP contribution in [0.5, 0.6) is 0 Å². The average molecular weight is 434 g/mol. The second-order valence-corrected chi connectivity index (χ2v) is 6.32. The summed E-state index contributed by atoms with van der Waals surface area (Å²) in [7, 11) is 0. The number of aliphatic hydroxyl groups excluding tert-OH is 1. The molecule has 0 radical (unpaired) electrons. The number of amides is 3. The van der Waals surface area contributed by atoms with Crippen molar-refractivity contribution in [2.24, 2.45) is 5.73 Å². The van der Waals surface area contributed by atoms with Crippen LogP contribution in [0.3, 0.4) is 0 Å². The zero-order valence-electron chi connectivity index (χ0n) is 16.2. The first-order valence-corrected chi connectivity index (χ1v) is 8.83. The van der Waals surface area contributed by atoms with E-state index in [-0.39, 0.29) is 0 Å². The third-order valence-electron chi connectivity index (χ3n) is 3.81. The Hall–Kier alpha value is -3.26. The van der Waals surface area contributed by atoms with Crippen molar-refractivity contribution in [1.29, 1.82) is 0 Å². The lowest BCUT2D eigenvalue weighted by molar-refractivity contribution is -0.144. The maximum atomic E-state index is 12.4. The summed E-state index contributed by atoms with van der Waals surface area (Å²) in [6.45, 7) is 0.697. The third-order valence-corrected chi connectivity index (χ3v) is 3.81. The Bertz CT molecular complexity index is 666. The highest BCUT2D eigenvalue weighted by Crippen LogP contribution is 2.04. The SMILES string of the molecule is CC(O)C(NC(=O)CN)C(=O)NC(CCC(=O)O)C(=O)NC(CCC(=O)O)C(=O)O. The molecule has 0 heterocycles. The Morgan fingerprint density at radius 3 is 1.67 bits per heavy atom. The van der Waals surface area contributed by atoms with Gasteiger partial charge in [0.15, 0.2) is 0 Å². The van der Waals surface area contributed by atoms with Crippen LogP contribution in [0.15, 0.2) is 0 Å². The molecule has 170 valence electrons. The van der Waals surface area contributed by atoms with Gasteiger partial charge in [0.25, 0.3) is 0 Å². The highest BCUT2D eigenvalue weighted by molar-refractivity contribution is 5.94. The van der Waals surface area contributed by atoms with Gasteiger partial charge in [0.05, 0.1) is 12.6 Å². The van der Waals surface area contributed by atoms with Gasteiger partial charge in [-0.2, -0.15) is 0 Å². The number of carbonyl (C=O) groups is 6. The zero-order chi connectivity index (χ0) is 23.4. The number of rotatable bonds is 14. The van der Waals surface area contributed by atoms with Crippen molar-refractivity contribution in [2.75, 3.05) is 6.54 Å². The van der Waals surface area contributed by atoms with Crippen molar-refractivity contribution in [3.8, 4) is 0 Å². The summed E-state index contributed by atoms with van der Waals surface area (Å²) in [4.78, 5) is 68.9. The van der Waals surface area contributed by atoms with Crippen LogP contribution < -0.4 is 21.7 Å². The molecule has 0 saturated carbocycles. The van der Waals surface area contributed by atoms with E-state index in [0.29, 0.717) is 0 Å². The minimum Gasteiger partial charge on any atom is -0.481 e. The van der Waals surface area contributed by atoms with Gasteiger partial charge >= 0.3 is 17.9 Å². The molecular weight excluding hydrogens is 408 g/mol. The minimum atomic E-state index is -1.60. The lowest BCUT2D eigenvalue weighted by atomic mass is 10.1. The Morgan fingerprint density at radius 2 is 1.27 bits per heavy atom. The molecule has 0 bridgehead atoms. The van der Waals surface area contributed by atoms with Crippen LogP contribution in [-0.2, 0) is 28.8 Å². The topological polar surface area (TPSA) is 245 Å². The second kappa shape index (κ2) is 13.1. The molecule has 0 aromatic carbocycles. The maximum Gasteiger partial charge on any atom is 0.326 e. The molecule has 0 rings (SSSR count). The van der Waals surface area contributed by atoms with Crippen molar-refractivity contribution in [3.05, 3.63) is 0 Å². The van der Waals surface area contributed by atoms with Crippen LogP contribution in [-0.4, -0.2) is 86.8 Å². The summed E-state index contributed by atoms with van der Waals surface area (Å²) in [5.41, 5.74) is 5.13. The molecular formula is C16H26N4O10. The van der Waals surface area contributed by atoms with E-state index in [0.717, 1.165) is 0 Å². The predicted molar refractivity (Wildman–Crippen MR) is 97.9 cm³/mol. The molecule has 0 saturated heterocycles. The molecule has 30 heavy (non-hydrogen) atoms. The minimum absolute atomic E-state index is 0.435. The molecule has 4 unspecified atom stereocenters. The summed E-state index contributed by atoms with van der Waals surface area (Å²) < 4.78 is 0. The molecule has 0 aliphatic rings. The van der Waals surface area contributed by atoms with E-state index < -0.39 is 92.1 Å². The Kier molecular flexibility index (Phi) is 11.6. The fourth-order valence-electron chi connectivity index (χ4n) is 2.23. The van der Waals surface area contributed by atoms with Crippen LogP contribution in [0.25, 0.3) is 0 Å². The van der Waals surface area contributed by atoms with Gasteiger partial charge in [-0.25, -0.2) is 4.79 Å². The molecule has 3 amide bonds. The molecule has 14 nitrogen and oxygen atoms in total. The number of hydrogen-bond donors (Lipinski definition) is 8. The second-order valence-electron chi connectivity index (χ2n) is 6.32. The molecule has 0 spiro atoms. The van der Waals surface area contributed by atoms with Gasteiger partial charge in [-0.1, -0.05) is 0 Å². The Balaban J connectivity index is 5.39. The van der Waals surface area contributed by atoms with E-state index in [4.69, 9.17) is 21.1 Å². The Labute approximate surface area is 170 Å². The number of nitrogens with one attached hydrogen (secondary N) is 3. The van der Waals surface area contributed by atoms with Crippen LogP contribution in [0.2, 0.25) is 0 Å². The molecule has 0 aliphatic heterocycles. The van der Waals surface area contributed by atoms with Gasteiger partial charge in [0, 0.05) is 12.8 Å². The monoisotopic (exact) mass is 434 g/mol. The molecule has 0 fully saturated rings. The maximum absolute atomic E-state index is 12.4. The van der Waals surface area contributed by atoms with Gasteiger partial charge in [-0.3, -0.25) is 24.0 Å². The standard InChI is InChI=1S/C16H26N4O10/c1-7(21)13(20-10(22)6-17)15(28)18-8(2-4-11(23)24)14(27)19-9(16(29)30)3-5-12(25)26/h7-9,13,21H,2-6,17H2,1H3,(H,18,28)(H,19,27)(H,20,22)(H,23,24)(H,25,26)(H,29,30). The van der Waals surface area contributed by atoms with E-state index >= 15 is 0 Å². The lowest BCUT2D eigenvalue weighted by Gasteiger charge is -2.25. The largest absolute Gasteiger partial charge is 0.481 e. The van der Waals surface area contributed by atoms with E-state index in [1.165, 1.54) is 6.92 Å². The smallest absolute Gasteiger partial charge is 0.326 e. The van der Waals surface area contributed by atoms with Crippen molar-refractivity contribution in [3.63, 3.8) is 0 Å². The molecule has 4 atom stereocenters. The number of carboxylic acid groups (broad SMARTS) is 3. The first kappa shape index (κ1) is 26.7. The molecule has 0 aromatic rings. The normalized spacial score (nSPS) is 14.5. The van der Waals surface area contributed by atoms with Crippen LogP contribution >= 0.6 is 0 Å². The van der Waals surface area contributed by atoms with Crippen molar-refractivity contribution in [1.82, 2.24) is 16.0 Å². The van der Waals surface area contributed by atoms with Gasteiger partial charge in [-0.05, 0) is 19.8 Å². The quantitative estimate of drug-likeness (QED) is 0.134. The van der Waals surface area contributed by atoms with Gasteiger partial charge in [-0.15, -0.1) is 0 Å². The first-order valence-electron chi connectivity index (χ1n) is 8.83. The predicted octanol–water partition coefficient (Wildman–Crippen LogP) is -3.41. The number of carboxylic acids is 3. The van der Waals surface area contributed by atoms with Crippen LogP contribution in [0.1, 0.15) is 32.6 Å².